The van der Waals surface area contributed by atoms with Gasteiger partial charge in [-0.3, -0.25) is 4.90 Å². The van der Waals surface area contributed by atoms with Gasteiger partial charge in [-0.2, -0.15) is 0 Å². The van der Waals surface area contributed by atoms with Crippen molar-refractivity contribution in [2.75, 3.05) is 6.54 Å². The Kier molecular flexibility index (Phi) is 5.85. The average Bonchev–Trinajstić information content (AvgIpc) is 2.96. The Morgan fingerprint density at radius 1 is 1.32 bits per heavy atom. The molecule has 0 unspecified atom stereocenters. The first-order valence-corrected chi connectivity index (χ1v) is 8.25. The fourth-order valence-electron chi connectivity index (χ4n) is 2.64. The van der Waals surface area contributed by atoms with Gasteiger partial charge >= 0.3 is 12.1 Å². The van der Waals surface area contributed by atoms with Gasteiger partial charge in [0.15, 0.2) is 0 Å². The Morgan fingerprint density at radius 2 is 1.96 bits per heavy atom. The zero-order valence-electron chi connectivity index (χ0n) is 14.9. The summed E-state index contributed by atoms with van der Waals surface area (Å²) in [6, 6.07) is 6.82. The van der Waals surface area contributed by atoms with Gasteiger partial charge in [0.1, 0.15) is 11.6 Å². The summed E-state index contributed by atoms with van der Waals surface area (Å²) in [5.41, 5.74) is 1.33. The van der Waals surface area contributed by atoms with Crippen LogP contribution in [0.5, 0.6) is 0 Å². The average molecular weight is 347 g/mol. The number of benzene rings is 1. The second-order valence-electron chi connectivity index (χ2n) is 7.10. The summed E-state index contributed by atoms with van der Waals surface area (Å²) in [5.74, 6) is -1.05. The summed E-state index contributed by atoms with van der Waals surface area (Å²) in [6.07, 6.45) is 1.05. The minimum absolute atomic E-state index is 0.205. The molecule has 1 amide bonds. The molecule has 6 nitrogen and oxygen atoms in total. The van der Waals surface area contributed by atoms with Gasteiger partial charge in [0.2, 0.25) is 0 Å². The number of aliphatic carboxylic acids is 1. The second kappa shape index (κ2) is 7.70. The van der Waals surface area contributed by atoms with E-state index < -0.39 is 23.7 Å². The topological polar surface area (TPSA) is 76.1 Å². The summed E-state index contributed by atoms with van der Waals surface area (Å²) in [6.45, 7) is 9.51. The molecule has 0 saturated carbocycles. The van der Waals surface area contributed by atoms with Gasteiger partial charge < -0.3 is 14.6 Å². The molecule has 0 aliphatic carbocycles. The monoisotopic (exact) mass is 347 g/mol. The molecule has 0 spiro atoms. The number of nitrogens with zero attached hydrogens (tertiary/aromatic N) is 1. The standard InChI is InChI=1S/C19H25NO5/c1-5-13-6-8-14(9-7-13)12-24-15-10-16(17(21)22)20(11-15)18(23)25-19(2,3)4/h5-9,15-16H,1,10-12H2,2-4H3,(H,21,22)/t15-,16-/m1/s1. The lowest BCUT2D eigenvalue weighted by Gasteiger charge is -2.26. The van der Waals surface area contributed by atoms with Crippen LogP contribution in [0.2, 0.25) is 0 Å². The molecule has 0 bridgehead atoms. The number of hydrogen-bond acceptors (Lipinski definition) is 4. The van der Waals surface area contributed by atoms with Crippen molar-refractivity contribution in [3.63, 3.8) is 0 Å². The van der Waals surface area contributed by atoms with E-state index in [1.165, 1.54) is 4.90 Å². The first-order valence-electron chi connectivity index (χ1n) is 8.25. The third-order valence-electron chi connectivity index (χ3n) is 3.88. The van der Waals surface area contributed by atoms with Gasteiger partial charge in [0.25, 0.3) is 0 Å². The largest absolute Gasteiger partial charge is 0.480 e. The number of carbonyl (C=O) groups excluding carboxylic acids is 1. The number of carbonyl (C=O) groups is 2. The molecule has 1 saturated heterocycles. The van der Waals surface area contributed by atoms with Crippen molar-refractivity contribution in [2.24, 2.45) is 0 Å². The van der Waals surface area contributed by atoms with Crippen molar-refractivity contribution in [2.45, 2.75) is 51.5 Å². The molecule has 0 radical (unpaired) electrons. The third-order valence-corrected chi connectivity index (χ3v) is 3.88. The number of rotatable bonds is 5. The normalized spacial score (nSPS) is 20.4. The molecule has 1 heterocycles. The summed E-state index contributed by atoms with van der Waals surface area (Å²) in [4.78, 5) is 24.9. The van der Waals surface area contributed by atoms with Crippen molar-refractivity contribution in [1.29, 1.82) is 0 Å². The summed E-state index contributed by atoms with van der Waals surface area (Å²) in [5, 5.41) is 9.38. The van der Waals surface area contributed by atoms with E-state index in [0.717, 1.165) is 11.1 Å². The van der Waals surface area contributed by atoms with Crippen LogP contribution in [0.3, 0.4) is 0 Å². The Labute approximate surface area is 148 Å². The zero-order chi connectivity index (χ0) is 18.6. The Hall–Kier alpha value is -2.34. The Morgan fingerprint density at radius 3 is 2.48 bits per heavy atom. The molecule has 1 aromatic rings. The van der Waals surface area contributed by atoms with E-state index in [0.29, 0.717) is 6.61 Å². The number of carboxylic acid groups (broad SMARTS) is 1. The number of ether oxygens (including phenoxy) is 2. The predicted molar refractivity (Wildman–Crippen MR) is 94.1 cm³/mol. The maximum atomic E-state index is 12.2. The van der Waals surface area contributed by atoms with Crippen molar-refractivity contribution in [3.8, 4) is 0 Å². The molecule has 1 aromatic carbocycles. The van der Waals surface area contributed by atoms with Gasteiger partial charge in [0.05, 0.1) is 19.3 Å². The maximum absolute atomic E-state index is 12.2. The molecule has 2 rings (SSSR count). The van der Waals surface area contributed by atoms with Crippen molar-refractivity contribution in [3.05, 3.63) is 42.0 Å². The number of amides is 1. The minimum Gasteiger partial charge on any atom is -0.480 e. The first kappa shape index (κ1) is 19.0. The predicted octanol–water partition coefficient (Wildman–Crippen LogP) is 3.31. The van der Waals surface area contributed by atoms with Crippen LogP contribution in [0.4, 0.5) is 4.79 Å². The highest BCUT2D eigenvalue weighted by Gasteiger charge is 2.42. The number of hydrogen-bond donors (Lipinski definition) is 1. The van der Waals surface area contributed by atoms with Crippen LogP contribution in [-0.2, 0) is 20.9 Å². The van der Waals surface area contributed by atoms with Crippen LogP contribution in [0.25, 0.3) is 6.08 Å². The molecule has 1 aliphatic heterocycles. The molecule has 25 heavy (non-hydrogen) atoms. The van der Waals surface area contributed by atoms with Crippen molar-refractivity contribution < 1.29 is 24.2 Å². The quantitative estimate of drug-likeness (QED) is 0.884. The van der Waals surface area contributed by atoms with Crippen molar-refractivity contribution in [1.82, 2.24) is 4.90 Å². The van der Waals surface area contributed by atoms with Gasteiger partial charge in [0, 0.05) is 6.42 Å². The van der Waals surface area contributed by atoms with E-state index in [2.05, 4.69) is 6.58 Å². The van der Waals surface area contributed by atoms with E-state index >= 15 is 0 Å². The summed E-state index contributed by atoms with van der Waals surface area (Å²) < 4.78 is 11.1. The molecule has 1 aliphatic rings. The lowest BCUT2D eigenvalue weighted by molar-refractivity contribution is -0.142. The van der Waals surface area contributed by atoms with Gasteiger partial charge in [-0.25, -0.2) is 9.59 Å². The van der Waals surface area contributed by atoms with Crippen molar-refractivity contribution >= 4 is 18.1 Å². The zero-order valence-corrected chi connectivity index (χ0v) is 14.9. The van der Waals surface area contributed by atoms with E-state index in [-0.39, 0.29) is 19.1 Å². The third kappa shape index (κ3) is 5.32. The lowest BCUT2D eigenvalue weighted by atomic mass is 10.1. The van der Waals surface area contributed by atoms with Gasteiger partial charge in [-0.05, 0) is 31.9 Å². The smallest absolute Gasteiger partial charge is 0.411 e. The van der Waals surface area contributed by atoms with E-state index in [1.54, 1.807) is 26.8 Å². The Balaban J connectivity index is 1.97. The number of carboxylic acids is 1. The molecule has 1 fully saturated rings. The SMILES string of the molecule is C=Cc1ccc(CO[C@@H]2C[C@H](C(=O)O)N(C(=O)OC(C)(C)C)C2)cc1. The number of likely N-dealkylation sites (tertiary alicyclic amines) is 1. The molecule has 6 heteroatoms. The Bertz CT molecular complexity index is 632. The highest BCUT2D eigenvalue weighted by molar-refractivity contribution is 5.81. The summed E-state index contributed by atoms with van der Waals surface area (Å²) >= 11 is 0. The molecular weight excluding hydrogens is 322 g/mol. The molecule has 0 aromatic heterocycles. The maximum Gasteiger partial charge on any atom is 0.411 e. The molecule has 1 N–H and O–H groups in total. The minimum atomic E-state index is -1.05. The van der Waals surface area contributed by atoms with E-state index in [1.807, 2.05) is 24.3 Å². The van der Waals surface area contributed by atoms with Crippen LogP contribution < -0.4 is 0 Å². The molecular formula is C19H25NO5. The van der Waals surface area contributed by atoms with Crippen LogP contribution in [0.15, 0.2) is 30.8 Å². The molecule has 2 atom stereocenters. The molecule has 136 valence electrons. The van der Waals surface area contributed by atoms with Gasteiger partial charge in [-0.15, -0.1) is 0 Å². The fourth-order valence-corrected chi connectivity index (χ4v) is 2.64. The van der Waals surface area contributed by atoms with Crippen LogP contribution >= 0.6 is 0 Å². The second-order valence-corrected chi connectivity index (χ2v) is 7.10. The highest BCUT2D eigenvalue weighted by atomic mass is 16.6. The fraction of sp³-hybridized carbons (Fsp3) is 0.474. The highest BCUT2D eigenvalue weighted by Crippen LogP contribution is 2.24. The lowest BCUT2D eigenvalue weighted by Crippen LogP contribution is -2.43. The first-order chi connectivity index (χ1) is 11.7. The van der Waals surface area contributed by atoms with E-state index in [4.69, 9.17) is 9.47 Å². The van der Waals surface area contributed by atoms with E-state index in [9.17, 15) is 14.7 Å². The van der Waals surface area contributed by atoms with Crippen LogP contribution in [-0.4, -0.2) is 46.4 Å². The summed E-state index contributed by atoms with van der Waals surface area (Å²) in [7, 11) is 0. The van der Waals surface area contributed by atoms with Crippen LogP contribution in [0, 0.1) is 0 Å². The van der Waals surface area contributed by atoms with Crippen LogP contribution in [0.1, 0.15) is 38.3 Å². The van der Waals surface area contributed by atoms with Gasteiger partial charge in [-0.1, -0.05) is 36.9 Å².